The molecule has 0 amide bonds. The van der Waals surface area contributed by atoms with Crippen LogP contribution in [0.2, 0.25) is 0 Å². The minimum atomic E-state index is -3.39. The van der Waals surface area contributed by atoms with Crippen molar-refractivity contribution >= 4 is 22.0 Å². The first-order valence-corrected chi connectivity index (χ1v) is 7.66. The van der Waals surface area contributed by atoms with Gasteiger partial charge in [-0.05, 0) is 12.3 Å². The summed E-state index contributed by atoms with van der Waals surface area (Å²) in [7, 11) is -2.13. The fourth-order valence-corrected chi connectivity index (χ4v) is 3.45. The molecule has 19 heavy (non-hydrogen) atoms. The lowest BCUT2D eigenvalue weighted by Crippen LogP contribution is -2.53. The molecular formula is C11H19NO6S. The molecule has 1 unspecified atom stereocenters. The van der Waals surface area contributed by atoms with Gasteiger partial charge in [-0.1, -0.05) is 6.92 Å². The zero-order valence-corrected chi connectivity index (χ0v) is 11.9. The lowest BCUT2D eigenvalue weighted by atomic mass is 9.89. The number of rotatable bonds is 7. The molecule has 0 aromatic heterocycles. The summed E-state index contributed by atoms with van der Waals surface area (Å²) in [6, 6.07) is 0. The molecule has 1 aliphatic rings. The molecule has 1 fully saturated rings. The molecule has 0 radical (unpaired) electrons. The Bertz CT molecular complexity index is 440. The summed E-state index contributed by atoms with van der Waals surface area (Å²) in [5.74, 6) is -2.13. The normalized spacial score (nSPS) is 18.6. The summed E-state index contributed by atoms with van der Waals surface area (Å²) < 4.78 is 29.4. The van der Waals surface area contributed by atoms with E-state index < -0.39 is 27.9 Å². The van der Waals surface area contributed by atoms with Crippen LogP contribution in [-0.4, -0.2) is 55.7 Å². The van der Waals surface area contributed by atoms with Gasteiger partial charge in [0.05, 0.1) is 18.8 Å². The number of carboxylic acid groups (broad SMARTS) is 1. The highest BCUT2D eigenvalue weighted by molar-refractivity contribution is 7.89. The van der Waals surface area contributed by atoms with Gasteiger partial charge in [-0.25, -0.2) is 12.7 Å². The molecule has 0 spiro atoms. The lowest BCUT2D eigenvalue weighted by Gasteiger charge is -2.40. The zero-order chi connectivity index (χ0) is 14.6. The van der Waals surface area contributed by atoms with Crippen molar-refractivity contribution in [2.24, 2.45) is 11.8 Å². The number of aliphatic carboxylic acids is 1. The van der Waals surface area contributed by atoms with Crippen molar-refractivity contribution in [1.82, 2.24) is 4.31 Å². The summed E-state index contributed by atoms with van der Waals surface area (Å²) in [4.78, 5) is 21.6. The van der Waals surface area contributed by atoms with Crippen molar-refractivity contribution in [3.8, 4) is 0 Å². The fraction of sp³-hybridized carbons (Fsp3) is 0.818. The van der Waals surface area contributed by atoms with Crippen molar-refractivity contribution in [2.75, 3.05) is 26.0 Å². The molecule has 0 bridgehead atoms. The number of methoxy groups -OCH3 is 1. The van der Waals surface area contributed by atoms with Crippen LogP contribution >= 0.6 is 0 Å². The Hall–Kier alpha value is -1.15. The molecule has 0 aromatic rings. The maximum atomic E-state index is 11.8. The van der Waals surface area contributed by atoms with E-state index in [2.05, 4.69) is 4.74 Å². The van der Waals surface area contributed by atoms with E-state index in [0.717, 1.165) is 0 Å². The average Bonchev–Trinajstić information content (AvgIpc) is 2.25. The van der Waals surface area contributed by atoms with Gasteiger partial charge in [-0.3, -0.25) is 9.59 Å². The van der Waals surface area contributed by atoms with E-state index in [-0.39, 0.29) is 37.6 Å². The summed E-state index contributed by atoms with van der Waals surface area (Å²) in [5.41, 5.74) is 0. The highest BCUT2D eigenvalue weighted by Crippen LogP contribution is 2.27. The number of carbonyl (C=O) groups excluding carboxylic acids is 1. The topological polar surface area (TPSA) is 101 Å². The monoisotopic (exact) mass is 293 g/mol. The number of ether oxygens (including phenoxy) is 1. The number of sulfonamides is 1. The quantitative estimate of drug-likeness (QED) is 0.659. The predicted octanol–water partition coefficient (Wildman–Crippen LogP) is -0.0781. The van der Waals surface area contributed by atoms with Crippen LogP contribution < -0.4 is 0 Å². The first-order chi connectivity index (χ1) is 8.77. The van der Waals surface area contributed by atoms with Crippen molar-refractivity contribution in [2.45, 2.75) is 19.8 Å². The van der Waals surface area contributed by atoms with Crippen LogP contribution in [0.5, 0.6) is 0 Å². The van der Waals surface area contributed by atoms with Crippen LogP contribution in [0.15, 0.2) is 0 Å². The number of hydrogen-bond acceptors (Lipinski definition) is 5. The molecule has 1 saturated heterocycles. The van der Waals surface area contributed by atoms with E-state index in [0.29, 0.717) is 0 Å². The number of nitrogens with zero attached hydrogens (tertiary/aromatic N) is 1. The minimum absolute atomic E-state index is 0.0680. The molecule has 1 N–H and O–H groups in total. The second kappa shape index (κ2) is 6.33. The highest BCUT2D eigenvalue weighted by atomic mass is 32.2. The number of hydrogen-bond donors (Lipinski definition) is 1. The van der Waals surface area contributed by atoms with E-state index in [1.807, 2.05) is 0 Å². The van der Waals surface area contributed by atoms with Crippen molar-refractivity contribution in [3.05, 3.63) is 0 Å². The molecule has 0 saturated carbocycles. The lowest BCUT2D eigenvalue weighted by molar-refractivity contribution is -0.144. The van der Waals surface area contributed by atoms with Gasteiger partial charge in [0.25, 0.3) is 0 Å². The number of carboxylic acids is 1. The van der Waals surface area contributed by atoms with Gasteiger partial charge in [0, 0.05) is 19.5 Å². The van der Waals surface area contributed by atoms with E-state index >= 15 is 0 Å². The van der Waals surface area contributed by atoms with Gasteiger partial charge in [-0.2, -0.15) is 0 Å². The van der Waals surface area contributed by atoms with Crippen LogP contribution in [0.3, 0.4) is 0 Å². The standard InChI is InChI=1S/C11H19NO6S/c1-8(11(14)15)9-6-12(7-9)19(16,17)5-3-4-10(13)18-2/h8-9H,3-7H2,1-2H3,(H,14,15). The third kappa shape index (κ3) is 4.17. The maximum Gasteiger partial charge on any atom is 0.306 e. The van der Waals surface area contributed by atoms with Crippen LogP contribution in [0, 0.1) is 11.8 Å². The Balaban J connectivity index is 2.37. The first kappa shape index (κ1) is 15.9. The van der Waals surface area contributed by atoms with Gasteiger partial charge >= 0.3 is 11.9 Å². The number of carbonyl (C=O) groups is 2. The Morgan fingerprint density at radius 1 is 1.42 bits per heavy atom. The van der Waals surface area contributed by atoms with Crippen LogP contribution in [-0.2, 0) is 24.3 Å². The third-order valence-corrected chi connectivity index (χ3v) is 5.27. The third-order valence-electron chi connectivity index (χ3n) is 3.38. The molecule has 0 aromatic carbocycles. The van der Waals surface area contributed by atoms with Crippen molar-refractivity contribution in [1.29, 1.82) is 0 Å². The van der Waals surface area contributed by atoms with E-state index in [9.17, 15) is 18.0 Å². The van der Waals surface area contributed by atoms with Gasteiger partial charge in [-0.15, -0.1) is 0 Å². The fourth-order valence-electron chi connectivity index (χ4n) is 1.84. The molecule has 1 heterocycles. The summed E-state index contributed by atoms with van der Waals surface area (Å²) in [5, 5.41) is 8.82. The van der Waals surface area contributed by atoms with E-state index in [1.54, 1.807) is 6.92 Å². The van der Waals surface area contributed by atoms with Gasteiger partial charge in [0.1, 0.15) is 0 Å². The largest absolute Gasteiger partial charge is 0.481 e. The van der Waals surface area contributed by atoms with Crippen molar-refractivity contribution in [3.63, 3.8) is 0 Å². The predicted molar refractivity (Wildman–Crippen MR) is 66.9 cm³/mol. The Morgan fingerprint density at radius 2 is 2.00 bits per heavy atom. The zero-order valence-electron chi connectivity index (χ0n) is 11.0. The molecule has 1 rings (SSSR count). The molecular weight excluding hydrogens is 274 g/mol. The second-order valence-corrected chi connectivity index (χ2v) is 6.79. The maximum absolute atomic E-state index is 11.8. The van der Waals surface area contributed by atoms with Crippen LogP contribution in [0.4, 0.5) is 0 Å². The molecule has 8 heteroatoms. The van der Waals surface area contributed by atoms with Crippen LogP contribution in [0.25, 0.3) is 0 Å². The molecule has 7 nitrogen and oxygen atoms in total. The molecule has 1 aliphatic heterocycles. The minimum Gasteiger partial charge on any atom is -0.481 e. The van der Waals surface area contributed by atoms with Gasteiger partial charge in [0.15, 0.2) is 0 Å². The summed E-state index contributed by atoms with van der Waals surface area (Å²) in [6.45, 7) is 2.07. The highest BCUT2D eigenvalue weighted by Gasteiger charge is 2.40. The number of esters is 1. The van der Waals surface area contributed by atoms with E-state index in [1.165, 1.54) is 11.4 Å². The van der Waals surface area contributed by atoms with Crippen molar-refractivity contribution < 1.29 is 27.9 Å². The van der Waals surface area contributed by atoms with Crippen LogP contribution in [0.1, 0.15) is 19.8 Å². The molecule has 1 atom stereocenters. The average molecular weight is 293 g/mol. The Morgan fingerprint density at radius 3 is 2.47 bits per heavy atom. The summed E-state index contributed by atoms with van der Waals surface area (Å²) in [6.07, 6.45) is 0.281. The van der Waals surface area contributed by atoms with Gasteiger partial charge < -0.3 is 9.84 Å². The molecule has 110 valence electrons. The second-order valence-electron chi connectivity index (χ2n) is 4.70. The Labute approximate surface area is 112 Å². The Kier molecular flexibility index (Phi) is 5.30. The van der Waals surface area contributed by atoms with Gasteiger partial charge in [0.2, 0.25) is 10.0 Å². The first-order valence-electron chi connectivity index (χ1n) is 6.05. The summed E-state index contributed by atoms with van der Waals surface area (Å²) >= 11 is 0. The molecule has 0 aliphatic carbocycles. The van der Waals surface area contributed by atoms with E-state index in [4.69, 9.17) is 5.11 Å². The smallest absolute Gasteiger partial charge is 0.306 e. The SMILES string of the molecule is COC(=O)CCCS(=O)(=O)N1CC(C(C)C(=O)O)C1.